The lowest BCUT2D eigenvalue weighted by Crippen LogP contribution is -2.43. The summed E-state index contributed by atoms with van der Waals surface area (Å²) in [5.41, 5.74) is 0.650. The third-order valence-corrected chi connectivity index (χ3v) is 4.92. The zero-order chi connectivity index (χ0) is 21.3. The van der Waals surface area contributed by atoms with Crippen LogP contribution in [0.1, 0.15) is 66.7 Å². The lowest BCUT2D eigenvalue weighted by molar-refractivity contribution is -0.140. The van der Waals surface area contributed by atoms with Crippen molar-refractivity contribution < 1.29 is 14.3 Å². The van der Waals surface area contributed by atoms with Gasteiger partial charge in [-0.3, -0.25) is 9.78 Å². The first-order valence-electron chi connectivity index (χ1n) is 10.9. The summed E-state index contributed by atoms with van der Waals surface area (Å²) in [4.78, 5) is 17.7. The molecule has 0 aliphatic heterocycles. The standard InChI is InChI=1S/C24H36N2O3/c1-6-8-9-14-24(5,29-16-7-2)23(27)26-20-12-13-21(28-17-18(3)4)22-19(20)11-10-15-25-22/h10-13,15,18H,6-9,14,16-17H2,1-5H3,(H,26,27)/t24-/m1/s1. The molecule has 1 aromatic heterocycles. The van der Waals surface area contributed by atoms with E-state index < -0.39 is 5.60 Å². The van der Waals surface area contributed by atoms with Crippen molar-refractivity contribution in [2.45, 2.75) is 72.3 Å². The SMILES string of the molecule is CCCCC[C@@](C)(OCCC)C(=O)Nc1ccc(OCC(C)C)c2ncccc12. The van der Waals surface area contributed by atoms with E-state index in [4.69, 9.17) is 9.47 Å². The molecule has 0 spiro atoms. The number of fused-ring (bicyclic) bond motifs is 1. The molecule has 0 aliphatic carbocycles. The Balaban J connectivity index is 2.26. The Morgan fingerprint density at radius 3 is 2.66 bits per heavy atom. The van der Waals surface area contributed by atoms with Crippen LogP contribution in [0.2, 0.25) is 0 Å². The maximum absolute atomic E-state index is 13.2. The Labute approximate surface area is 175 Å². The highest BCUT2D eigenvalue weighted by molar-refractivity contribution is 6.05. The minimum Gasteiger partial charge on any atom is -0.491 e. The monoisotopic (exact) mass is 400 g/mol. The van der Waals surface area contributed by atoms with Gasteiger partial charge in [0.15, 0.2) is 0 Å². The Hall–Kier alpha value is -2.14. The van der Waals surface area contributed by atoms with Gasteiger partial charge in [-0.25, -0.2) is 0 Å². The first-order valence-corrected chi connectivity index (χ1v) is 10.9. The van der Waals surface area contributed by atoms with Gasteiger partial charge in [-0.05, 0) is 49.9 Å². The molecule has 0 saturated carbocycles. The molecule has 1 aromatic carbocycles. The number of anilines is 1. The summed E-state index contributed by atoms with van der Waals surface area (Å²) in [6.07, 6.45) is 6.50. The summed E-state index contributed by atoms with van der Waals surface area (Å²) in [6.45, 7) is 11.5. The van der Waals surface area contributed by atoms with E-state index in [9.17, 15) is 4.79 Å². The first kappa shape index (κ1) is 23.1. The second kappa shape index (κ2) is 11.1. The van der Waals surface area contributed by atoms with Crippen LogP contribution in [-0.2, 0) is 9.53 Å². The van der Waals surface area contributed by atoms with Gasteiger partial charge < -0.3 is 14.8 Å². The molecule has 29 heavy (non-hydrogen) atoms. The number of ether oxygens (including phenoxy) is 2. The first-order chi connectivity index (χ1) is 13.9. The number of benzene rings is 1. The lowest BCUT2D eigenvalue weighted by atomic mass is 9.96. The van der Waals surface area contributed by atoms with Crippen molar-refractivity contribution in [2.75, 3.05) is 18.5 Å². The van der Waals surface area contributed by atoms with Crippen LogP contribution in [0.15, 0.2) is 30.5 Å². The van der Waals surface area contributed by atoms with E-state index in [0.717, 1.165) is 48.0 Å². The highest BCUT2D eigenvalue weighted by atomic mass is 16.5. The lowest BCUT2D eigenvalue weighted by Gasteiger charge is -2.29. The Morgan fingerprint density at radius 2 is 1.97 bits per heavy atom. The average Bonchev–Trinajstić information content (AvgIpc) is 2.71. The molecular weight excluding hydrogens is 364 g/mol. The predicted octanol–water partition coefficient (Wildman–Crippen LogP) is 5.97. The number of rotatable bonds is 12. The summed E-state index contributed by atoms with van der Waals surface area (Å²) < 4.78 is 11.9. The molecule has 0 fully saturated rings. The normalized spacial score (nSPS) is 13.4. The summed E-state index contributed by atoms with van der Waals surface area (Å²) >= 11 is 0. The number of carbonyl (C=O) groups is 1. The zero-order valence-corrected chi connectivity index (χ0v) is 18.6. The number of nitrogens with zero attached hydrogens (tertiary/aromatic N) is 1. The van der Waals surface area contributed by atoms with Crippen molar-refractivity contribution in [1.29, 1.82) is 0 Å². The number of unbranched alkanes of at least 4 members (excludes halogenated alkanes) is 2. The Morgan fingerprint density at radius 1 is 1.17 bits per heavy atom. The van der Waals surface area contributed by atoms with Crippen LogP contribution in [0.25, 0.3) is 10.9 Å². The van der Waals surface area contributed by atoms with Crippen LogP contribution in [-0.4, -0.2) is 29.7 Å². The smallest absolute Gasteiger partial charge is 0.256 e. The van der Waals surface area contributed by atoms with E-state index in [1.54, 1.807) is 6.20 Å². The van der Waals surface area contributed by atoms with Gasteiger partial charge in [0.1, 0.15) is 16.9 Å². The van der Waals surface area contributed by atoms with Gasteiger partial charge in [-0.1, -0.05) is 47.0 Å². The number of hydrogen-bond donors (Lipinski definition) is 1. The van der Waals surface area contributed by atoms with E-state index in [1.807, 2.05) is 31.2 Å². The number of aromatic nitrogens is 1. The quantitative estimate of drug-likeness (QED) is 0.446. The second-order valence-electron chi connectivity index (χ2n) is 8.21. The topological polar surface area (TPSA) is 60.5 Å². The average molecular weight is 401 g/mol. The molecule has 0 saturated heterocycles. The fourth-order valence-electron chi connectivity index (χ4n) is 3.17. The maximum atomic E-state index is 13.2. The zero-order valence-electron chi connectivity index (χ0n) is 18.6. The molecule has 0 unspecified atom stereocenters. The highest BCUT2D eigenvalue weighted by Crippen LogP contribution is 2.31. The van der Waals surface area contributed by atoms with Gasteiger partial charge in [0.25, 0.3) is 5.91 Å². The third kappa shape index (κ3) is 6.43. The van der Waals surface area contributed by atoms with E-state index in [-0.39, 0.29) is 5.91 Å². The summed E-state index contributed by atoms with van der Waals surface area (Å²) in [6, 6.07) is 7.61. The van der Waals surface area contributed by atoms with E-state index in [1.165, 1.54) is 0 Å². The summed E-state index contributed by atoms with van der Waals surface area (Å²) in [7, 11) is 0. The largest absolute Gasteiger partial charge is 0.491 e. The van der Waals surface area contributed by atoms with Crippen molar-refractivity contribution in [3.8, 4) is 5.75 Å². The molecule has 5 heteroatoms. The van der Waals surface area contributed by atoms with Gasteiger partial charge in [-0.15, -0.1) is 0 Å². The van der Waals surface area contributed by atoms with Crippen LogP contribution >= 0.6 is 0 Å². The van der Waals surface area contributed by atoms with Crippen LogP contribution < -0.4 is 10.1 Å². The molecule has 0 bridgehead atoms. The van der Waals surface area contributed by atoms with Crippen molar-refractivity contribution in [3.05, 3.63) is 30.5 Å². The minimum absolute atomic E-state index is 0.108. The van der Waals surface area contributed by atoms with Crippen molar-refractivity contribution >= 4 is 22.5 Å². The van der Waals surface area contributed by atoms with Gasteiger partial charge in [0.05, 0.1) is 12.3 Å². The fraction of sp³-hybridized carbons (Fsp3) is 0.583. The molecule has 1 heterocycles. The van der Waals surface area contributed by atoms with E-state index >= 15 is 0 Å². The third-order valence-electron chi connectivity index (χ3n) is 4.92. The summed E-state index contributed by atoms with van der Waals surface area (Å²) in [5, 5.41) is 3.96. The van der Waals surface area contributed by atoms with Gasteiger partial charge in [-0.2, -0.15) is 0 Å². The Bertz CT molecular complexity index is 791. The number of carbonyl (C=O) groups excluding carboxylic acids is 1. The van der Waals surface area contributed by atoms with Crippen molar-refractivity contribution in [1.82, 2.24) is 4.98 Å². The highest BCUT2D eigenvalue weighted by Gasteiger charge is 2.34. The molecule has 5 nitrogen and oxygen atoms in total. The number of nitrogens with one attached hydrogen (secondary N) is 1. The van der Waals surface area contributed by atoms with Crippen LogP contribution in [0, 0.1) is 5.92 Å². The fourth-order valence-corrected chi connectivity index (χ4v) is 3.17. The number of amides is 1. The van der Waals surface area contributed by atoms with Gasteiger partial charge >= 0.3 is 0 Å². The molecular formula is C24H36N2O3. The Kier molecular flexibility index (Phi) is 8.90. The van der Waals surface area contributed by atoms with E-state index in [2.05, 4.69) is 38.0 Å². The predicted molar refractivity (Wildman–Crippen MR) is 119 cm³/mol. The number of pyridine rings is 1. The van der Waals surface area contributed by atoms with Crippen molar-refractivity contribution in [3.63, 3.8) is 0 Å². The summed E-state index contributed by atoms with van der Waals surface area (Å²) in [5.74, 6) is 1.05. The molecule has 1 amide bonds. The van der Waals surface area contributed by atoms with Crippen LogP contribution in [0.4, 0.5) is 5.69 Å². The molecule has 2 rings (SSSR count). The van der Waals surface area contributed by atoms with Crippen LogP contribution in [0.5, 0.6) is 5.75 Å². The maximum Gasteiger partial charge on any atom is 0.256 e. The molecule has 1 N–H and O–H groups in total. The minimum atomic E-state index is -0.841. The number of hydrogen-bond acceptors (Lipinski definition) is 4. The molecule has 160 valence electrons. The molecule has 0 radical (unpaired) electrons. The second-order valence-corrected chi connectivity index (χ2v) is 8.21. The molecule has 2 aromatic rings. The molecule has 1 atom stereocenters. The van der Waals surface area contributed by atoms with Crippen LogP contribution in [0.3, 0.4) is 0 Å². The molecule has 0 aliphatic rings. The van der Waals surface area contributed by atoms with E-state index in [0.29, 0.717) is 25.6 Å². The van der Waals surface area contributed by atoms with Gasteiger partial charge in [0.2, 0.25) is 0 Å². The van der Waals surface area contributed by atoms with Crippen molar-refractivity contribution in [2.24, 2.45) is 5.92 Å². The van der Waals surface area contributed by atoms with Gasteiger partial charge in [0, 0.05) is 18.2 Å².